The van der Waals surface area contributed by atoms with E-state index in [1.807, 2.05) is 20.8 Å². The molecule has 1 unspecified atom stereocenters. The van der Waals surface area contributed by atoms with Crippen molar-refractivity contribution in [3.05, 3.63) is 29.8 Å². The summed E-state index contributed by atoms with van der Waals surface area (Å²) in [5.74, 6) is -33.6. The second kappa shape index (κ2) is 11.8. The van der Waals surface area contributed by atoms with Crippen LogP contribution >= 0.6 is 0 Å². The SMILES string of the molecule is CCC(C)(CC)CC(C)C(=O)OCCc1ccc(OC(F)(F)C(F)(F)C(F)(F)C(F)(F)C(F)(F)C(F)(F)F)cc1. The van der Waals surface area contributed by atoms with Gasteiger partial charge in [0.1, 0.15) is 5.75 Å². The van der Waals surface area contributed by atoms with Crippen molar-refractivity contribution in [3.63, 3.8) is 0 Å². The van der Waals surface area contributed by atoms with Crippen LogP contribution in [0.4, 0.5) is 57.1 Å². The van der Waals surface area contributed by atoms with Gasteiger partial charge < -0.3 is 9.47 Å². The van der Waals surface area contributed by atoms with Crippen LogP contribution in [0.15, 0.2) is 24.3 Å². The van der Waals surface area contributed by atoms with Crippen molar-refractivity contribution < 1.29 is 71.3 Å². The molecule has 0 heterocycles. The molecule has 232 valence electrons. The Morgan fingerprint density at radius 1 is 0.750 bits per heavy atom. The van der Waals surface area contributed by atoms with Crippen molar-refractivity contribution >= 4 is 5.97 Å². The molecule has 0 N–H and O–H groups in total. The fourth-order valence-corrected chi connectivity index (χ4v) is 3.46. The Kier molecular flexibility index (Phi) is 10.5. The number of halogens is 13. The summed E-state index contributed by atoms with van der Waals surface area (Å²) in [4.78, 5) is 12.2. The Labute approximate surface area is 221 Å². The van der Waals surface area contributed by atoms with Gasteiger partial charge in [-0.3, -0.25) is 4.79 Å². The monoisotopic (exact) mass is 610 g/mol. The number of hydrogen-bond donors (Lipinski definition) is 0. The van der Waals surface area contributed by atoms with Gasteiger partial charge in [-0.15, -0.1) is 0 Å². The summed E-state index contributed by atoms with van der Waals surface area (Å²) in [6.07, 6.45) is -12.0. The Morgan fingerprint density at radius 3 is 1.62 bits per heavy atom. The Morgan fingerprint density at radius 2 is 1.20 bits per heavy atom. The first-order valence-corrected chi connectivity index (χ1v) is 11.7. The van der Waals surface area contributed by atoms with Crippen molar-refractivity contribution in [1.82, 2.24) is 0 Å². The number of ether oxygens (including phenoxy) is 2. The molecule has 0 bridgehead atoms. The summed E-state index contributed by atoms with van der Waals surface area (Å²) in [6, 6.07) is 2.80. The van der Waals surface area contributed by atoms with E-state index >= 15 is 0 Å². The highest BCUT2D eigenvalue weighted by Crippen LogP contribution is 2.60. The van der Waals surface area contributed by atoms with Crippen LogP contribution in [0.5, 0.6) is 5.75 Å². The van der Waals surface area contributed by atoms with Crippen molar-refractivity contribution in [2.75, 3.05) is 6.61 Å². The van der Waals surface area contributed by atoms with Crippen LogP contribution in [-0.2, 0) is 16.0 Å². The van der Waals surface area contributed by atoms with Gasteiger partial charge in [-0.2, -0.15) is 57.1 Å². The minimum atomic E-state index is -8.00. The van der Waals surface area contributed by atoms with Crippen LogP contribution in [0.2, 0.25) is 0 Å². The van der Waals surface area contributed by atoms with Crippen molar-refractivity contribution in [3.8, 4) is 5.75 Å². The van der Waals surface area contributed by atoms with E-state index < -0.39 is 53.6 Å². The van der Waals surface area contributed by atoms with E-state index in [0.717, 1.165) is 25.0 Å². The molecule has 1 atom stereocenters. The number of hydrogen-bond acceptors (Lipinski definition) is 3. The Bertz CT molecular complexity index is 985. The third kappa shape index (κ3) is 6.89. The van der Waals surface area contributed by atoms with Gasteiger partial charge in [0, 0.05) is 6.42 Å². The van der Waals surface area contributed by atoms with Gasteiger partial charge in [0.15, 0.2) is 0 Å². The first kappa shape index (κ1) is 35.6. The molecule has 0 radical (unpaired) electrons. The summed E-state index contributed by atoms with van der Waals surface area (Å²) >= 11 is 0. The van der Waals surface area contributed by atoms with Gasteiger partial charge in [0.2, 0.25) is 0 Å². The average Bonchev–Trinajstić information content (AvgIpc) is 2.83. The zero-order valence-corrected chi connectivity index (χ0v) is 21.6. The summed E-state index contributed by atoms with van der Waals surface area (Å²) < 4.78 is 180. The molecule has 40 heavy (non-hydrogen) atoms. The second-order valence-corrected chi connectivity index (χ2v) is 9.60. The largest absolute Gasteiger partial charge is 0.471 e. The van der Waals surface area contributed by atoms with E-state index in [2.05, 4.69) is 4.74 Å². The summed E-state index contributed by atoms with van der Waals surface area (Å²) in [7, 11) is 0. The van der Waals surface area contributed by atoms with Gasteiger partial charge in [-0.25, -0.2) is 0 Å². The maximum absolute atomic E-state index is 13.9. The van der Waals surface area contributed by atoms with Crippen molar-refractivity contribution in [1.29, 1.82) is 0 Å². The molecule has 0 aromatic heterocycles. The highest BCUT2D eigenvalue weighted by atomic mass is 19.4. The molecule has 0 aliphatic heterocycles. The van der Waals surface area contributed by atoms with Crippen LogP contribution in [0.1, 0.15) is 52.5 Å². The van der Waals surface area contributed by atoms with Gasteiger partial charge in [0.05, 0.1) is 12.5 Å². The van der Waals surface area contributed by atoms with Crippen molar-refractivity contribution in [2.45, 2.75) is 89.4 Å². The number of carbonyl (C=O) groups is 1. The lowest BCUT2D eigenvalue weighted by Crippen LogP contribution is -2.70. The lowest BCUT2D eigenvalue weighted by molar-refractivity contribution is -0.456. The molecule has 16 heteroatoms. The normalized spacial score (nSPS) is 15.1. The summed E-state index contributed by atoms with van der Waals surface area (Å²) in [5, 5.41) is 0. The van der Waals surface area contributed by atoms with E-state index in [0.29, 0.717) is 18.6 Å². The summed E-state index contributed by atoms with van der Waals surface area (Å²) in [6.45, 7) is 7.40. The van der Waals surface area contributed by atoms with Gasteiger partial charge >= 0.3 is 41.9 Å². The lowest BCUT2D eigenvalue weighted by atomic mass is 9.77. The van der Waals surface area contributed by atoms with Crippen LogP contribution in [0, 0.1) is 11.3 Å². The predicted octanol–water partition coefficient (Wildman–Crippen LogP) is 8.70. The maximum Gasteiger partial charge on any atom is 0.471 e. The van der Waals surface area contributed by atoms with E-state index in [-0.39, 0.29) is 24.0 Å². The van der Waals surface area contributed by atoms with E-state index in [4.69, 9.17) is 4.74 Å². The molecule has 1 rings (SSSR count). The number of alkyl halides is 13. The molecule has 1 aromatic carbocycles. The van der Waals surface area contributed by atoms with Crippen molar-refractivity contribution in [2.24, 2.45) is 11.3 Å². The predicted molar refractivity (Wildman–Crippen MR) is 115 cm³/mol. The third-order valence-corrected chi connectivity index (χ3v) is 6.62. The van der Waals surface area contributed by atoms with Crippen LogP contribution in [0.3, 0.4) is 0 Å². The third-order valence-electron chi connectivity index (χ3n) is 6.62. The van der Waals surface area contributed by atoms with Crippen LogP contribution < -0.4 is 4.74 Å². The average molecular weight is 610 g/mol. The van der Waals surface area contributed by atoms with Gasteiger partial charge in [-0.05, 0) is 29.5 Å². The zero-order chi connectivity index (χ0) is 31.6. The summed E-state index contributed by atoms with van der Waals surface area (Å²) in [5.41, 5.74) is 0.128. The molecule has 0 saturated carbocycles. The first-order valence-electron chi connectivity index (χ1n) is 11.7. The fraction of sp³-hybridized carbons (Fsp3) is 0.708. The Balaban J connectivity index is 2.94. The number of rotatable bonds is 14. The maximum atomic E-state index is 13.9. The topological polar surface area (TPSA) is 35.5 Å². The van der Waals surface area contributed by atoms with E-state index in [9.17, 15) is 61.9 Å². The van der Waals surface area contributed by atoms with E-state index in [1.54, 1.807) is 6.92 Å². The fourth-order valence-electron chi connectivity index (χ4n) is 3.46. The van der Waals surface area contributed by atoms with E-state index in [1.165, 1.54) is 0 Å². The standard InChI is InChI=1S/C24H27F13O3/c1-5-18(4,6-2)13-14(3)17(38)39-12-11-15-7-9-16(10-8-15)40-24(36,37)22(31,32)20(27,28)19(25,26)21(29,30)23(33,34)35/h7-10,14H,5-6,11-13H2,1-4H3. The minimum Gasteiger partial charge on any atom is -0.465 e. The van der Waals surface area contributed by atoms with Crippen LogP contribution in [0.25, 0.3) is 0 Å². The molecule has 0 saturated heterocycles. The molecule has 0 fully saturated rings. The molecule has 0 amide bonds. The number of benzene rings is 1. The molecule has 0 aliphatic rings. The highest BCUT2D eigenvalue weighted by molar-refractivity contribution is 5.72. The van der Waals surface area contributed by atoms with Crippen LogP contribution in [-0.4, -0.2) is 48.6 Å². The molecular weight excluding hydrogens is 583 g/mol. The van der Waals surface area contributed by atoms with Gasteiger partial charge in [0.25, 0.3) is 0 Å². The minimum absolute atomic E-state index is 0.0407. The Hall–Kier alpha value is -2.42. The van der Waals surface area contributed by atoms with Gasteiger partial charge in [-0.1, -0.05) is 52.7 Å². The smallest absolute Gasteiger partial charge is 0.465 e. The molecule has 0 spiro atoms. The first-order chi connectivity index (χ1) is 17.8. The molecule has 3 nitrogen and oxygen atoms in total. The second-order valence-electron chi connectivity index (χ2n) is 9.60. The highest BCUT2D eigenvalue weighted by Gasteiger charge is 2.91. The number of esters is 1. The quantitative estimate of drug-likeness (QED) is 0.156. The number of carbonyl (C=O) groups excluding carboxylic acids is 1. The molecular formula is C24H27F13O3. The molecule has 0 aliphatic carbocycles. The lowest BCUT2D eigenvalue weighted by Gasteiger charge is -2.39. The molecule has 1 aromatic rings. The zero-order valence-electron chi connectivity index (χ0n) is 21.6.